The van der Waals surface area contributed by atoms with E-state index >= 15 is 0 Å². The van der Waals surface area contributed by atoms with Crippen molar-refractivity contribution in [3.63, 3.8) is 0 Å². The van der Waals surface area contributed by atoms with E-state index in [0.29, 0.717) is 0 Å². The van der Waals surface area contributed by atoms with Crippen LogP contribution in [-0.4, -0.2) is 69.1 Å². The molecule has 0 spiro atoms. The number of nitrogens with one attached hydrogen (secondary N) is 2. The third-order valence-corrected chi connectivity index (χ3v) is 5.97. The Bertz CT molecular complexity index is 953. The monoisotopic (exact) mass is 445 g/mol. The van der Waals surface area contributed by atoms with E-state index in [0.717, 1.165) is 16.8 Å². The number of halogens is 1. The van der Waals surface area contributed by atoms with Gasteiger partial charge in [0.15, 0.2) is 0 Å². The molecule has 1 saturated heterocycles. The number of aliphatic hydroxyl groups excluding tert-OH is 1. The molecule has 3 N–H and O–H groups in total. The fraction of sp³-hybridized carbons (Fsp3) is 0.522. The average molecular weight is 446 g/mol. The topological polar surface area (TPSA) is 99.5 Å². The summed E-state index contributed by atoms with van der Waals surface area (Å²) in [5.41, 5.74) is 1.08. The molecule has 1 fully saturated rings. The number of carbonyl (C=O) groups is 2. The third-order valence-electron chi connectivity index (χ3n) is 5.97. The summed E-state index contributed by atoms with van der Waals surface area (Å²) in [5, 5.41) is 19.9. The van der Waals surface area contributed by atoms with Crippen molar-refractivity contribution < 1.29 is 19.1 Å². The van der Waals surface area contributed by atoms with Crippen LogP contribution in [0.1, 0.15) is 38.8 Å². The van der Waals surface area contributed by atoms with Crippen molar-refractivity contribution in [3.05, 3.63) is 42.1 Å². The van der Waals surface area contributed by atoms with E-state index in [1.54, 1.807) is 10.9 Å². The van der Waals surface area contributed by atoms with Crippen LogP contribution in [0.5, 0.6) is 0 Å². The van der Waals surface area contributed by atoms with Crippen LogP contribution < -0.4 is 10.6 Å². The molecule has 174 valence electrons. The molecule has 9 heteroatoms. The molecule has 2 unspecified atom stereocenters. The number of aromatic nitrogens is 2. The normalized spacial score (nSPS) is 20.8. The predicted molar refractivity (Wildman–Crippen MR) is 119 cm³/mol. The second-order valence-corrected chi connectivity index (χ2v) is 8.87. The number of rotatable bonds is 7. The number of nitrogens with zero attached hydrogens (tertiary/aromatic N) is 3. The molecule has 0 aliphatic carbocycles. The maximum atomic E-state index is 14.5. The highest BCUT2D eigenvalue weighted by Crippen LogP contribution is 2.25. The first-order valence-corrected chi connectivity index (χ1v) is 10.8. The smallest absolute Gasteiger partial charge is 0.243 e. The van der Waals surface area contributed by atoms with E-state index in [4.69, 9.17) is 0 Å². The lowest BCUT2D eigenvalue weighted by Gasteiger charge is -2.32. The molecule has 0 saturated carbocycles. The van der Waals surface area contributed by atoms with Crippen molar-refractivity contribution in [2.45, 2.75) is 57.1 Å². The lowest BCUT2D eigenvalue weighted by molar-refractivity contribution is -0.142. The maximum Gasteiger partial charge on any atom is 0.243 e. The summed E-state index contributed by atoms with van der Waals surface area (Å²) in [5.74, 6) is -0.908. The Kier molecular flexibility index (Phi) is 7.00. The molecule has 4 atom stereocenters. The quantitative estimate of drug-likeness (QED) is 0.601. The molecular weight excluding hydrogens is 413 g/mol. The highest BCUT2D eigenvalue weighted by Gasteiger charge is 2.45. The van der Waals surface area contributed by atoms with Crippen LogP contribution >= 0.6 is 0 Å². The molecule has 1 aliphatic rings. The predicted octanol–water partition coefficient (Wildman–Crippen LogP) is 1.56. The van der Waals surface area contributed by atoms with Gasteiger partial charge in [-0.05, 0) is 45.0 Å². The fourth-order valence-corrected chi connectivity index (χ4v) is 4.22. The van der Waals surface area contributed by atoms with Crippen LogP contribution in [0.2, 0.25) is 0 Å². The van der Waals surface area contributed by atoms with Gasteiger partial charge in [-0.1, -0.05) is 24.3 Å². The number of β-amino-alcohol motifs (C(OH)–C–C–N with tert-alkyl or cyclic N) is 1. The Labute approximate surface area is 187 Å². The second-order valence-electron chi connectivity index (χ2n) is 8.87. The highest BCUT2D eigenvalue weighted by atomic mass is 19.1. The number of carbonyl (C=O) groups excluding carboxylic acids is 2. The van der Waals surface area contributed by atoms with Crippen LogP contribution in [0, 0.1) is 0 Å². The van der Waals surface area contributed by atoms with E-state index < -0.39 is 29.8 Å². The van der Waals surface area contributed by atoms with E-state index in [1.807, 2.05) is 44.3 Å². The maximum absolute atomic E-state index is 14.5. The van der Waals surface area contributed by atoms with Gasteiger partial charge in [0.2, 0.25) is 11.8 Å². The second kappa shape index (κ2) is 9.38. The SMILES string of the molecule is CNC(C(=O)N1C[C@H](O)C[C@H]1C(=O)NC(C)c1ccc(-c2ccnn2C)cc1)C(C)(C)F. The number of hydrogen-bond donors (Lipinski definition) is 3. The minimum absolute atomic E-state index is 0.00103. The van der Waals surface area contributed by atoms with Crippen molar-refractivity contribution in [2.24, 2.45) is 7.05 Å². The first-order valence-electron chi connectivity index (χ1n) is 10.8. The zero-order chi connectivity index (χ0) is 23.6. The number of aliphatic hydroxyl groups is 1. The van der Waals surface area contributed by atoms with Gasteiger partial charge in [-0.15, -0.1) is 0 Å². The number of hydrogen-bond acceptors (Lipinski definition) is 5. The lowest BCUT2D eigenvalue weighted by atomic mass is 9.99. The Hall–Kier alpha value is -2.78. The molecule has 2 aromatic rings. The molecular formula is C23H32FN5O3. The number of likely N-dealkylation sites (tertiary alicyclic amines) is 1. The molecule has 8 nitrogen and oxygen atoms in total. The number of amides is 2. The van der Waals surface area contributed by atoms with Crippen LogP contribution in [0.3, 0.4) is 0 Å². The minimum Gasteiger partial charge on any atom is -0.391 e. The van der Waals surface area contributed by atoms with Gasteiger partial charge in [0.05, 0.1) is 17.8 Å². The van der Waals surface area contributed by atoms with Crippen LogP contribution in [0.15, 0.2) is 36.5 Å². The Morgan fingerprint density at radius 1 is 1.25 bits per heavy atom. The summed E-state index contributed by atoms with van der Waals surface area (Å²) < 4.78 is 16.3. The molecule has 1 aromatic heterocycles. The molecule has 0 radical (unpaired) electrons. The third kappa shape index (κ3) is 4.99. The molecule has 2 amide bonds. The number of likely N-dealkylation sites (N-methyl/N-ethyl adjacent to an activating group) is 1. The zero-order valence-electron chi connectivity index (χ0n) is 19.2. The Balaban J connectivity index is 1.70. The van der Waals surface area contributed by atoms with E-state index in [-0.39, 0.29) is 24.9 Å². The summed E-state index contributed by atoms with van der Waals surface area (Å²) in [4.78, 5) is 27.2. The van der Waals surface area contributed by atoms with Crippen molar-refractivity contribution in [1.82, 2.24) is 25.3 Å². The molecule has 32 heavy (non-hydrogen) atoms. The molecule has 1 aliphatic heterocycles. The first-order chi connectivity index (χ1) is 15.0. The standard InChI is InChI=1S/C23H32FN5O3/c1-14(15-6-8-16(9-7-15)18-10-11-26-28(18)5)27-21(31)19-12-17(30)13-29(19)22(32)20(25-4)23(2,3)24/h6-11,14,17,19-20,25,30H,12-13H2,1-5H3,(H,27,31)/t14?,17-,19+,20?/m1/s1. The van der Waals surface area contributed by atoms with Crippen molar-refractivity contribution >= 4 is 11.8 Å². The van der Waals surface area contributed by atoms with Gasteiger partial charge in [-0.3, -0.25) is 14.3 Å². The van der Waals surface area contributed by atoms with Gasteiger partial charge >= 0.3 is 0 Å². The summed E-state index contributed by atoms with van der Waals surface area (Å²) in [6.45, 7) is 4.48. The average Bonchev–Trinajstić information content (AvgIpc) is 3.33. The highest BCUT2D eigenvalue weighted by molar-refractivity contribution is 5.91. The minimum atomic E-state index is -1.82. The number of alkyl halides is 1. The Morgan fingerprint density at radius 2 is 1.91 bits per heavy atom. The number of aryl methyl sites for hydroxylation is 1. The van der Waals surface area contributed by atoms with Gasteiger partial charge < -0.3 is 20.6 Å². The van der Waals surface area contributed by atoms with E-state index in [1.165, 1.54) is 25.8 Å². The van der Waals surface area contributed by atoms with Gasteiger partial charge in [0.25, 0.3) is 0 Å². The van der Waals surface area contributed by atoms with Gasteiger partial charge in [0.1, 0.15) is 17.8 Å². The molecule has 3 rings (SSSR count). The van der Waals surface area contributed by atoms with Gasteiger partial charge in [-0.2, -0.15) is 5.10 Å². The fourth-order valence-electron chi connectivity index (χ4n) is 4.22. The van der Waals surface area contributed by atoms with Crippen molar-refractivity contribution in [1.29, 1.82) is 0 Å². The summed E-state index contributed by atoms with van der Waals surface area (Å²) in [6.07, 6.45) is 1.02. The van der Waals surface area contributed by atoms with Crippen LogP contribution in [-0.2, 0) is 16.6 Å². The van der Waals surface area contributed by atoms with Crippen LogP contribution in [0.4, 0.5) is 4.39 Å². The lowest BCUT2D eigenvalue weighted by Crippen LogP contribution is -2.57. The van der Waals surface area contributed by atoms with Crippen molar-refractivity contribution in [2.75, 3.05) is 13.6 Å². The first kappa shape index (κ1) is 23.9. The van der Waals surface area contributed by atoms with E-state index in [9.17, 15) is 19.1 Å². The van der Waals surface area contributed by atoms with Crippen LogP contribution in [0.25, 0.3) is 11.3 Å². The summed E-state index contributed by atoms with van der Waals surface area (Å²) >= 11 is 0. The molecule has 0 bridgehead atoms. The van der Waals surface area contributed by atoms with Crippen molar-refractivity contribution in [3.8, 4) is 11.3 Å². The zero-order valence-corrected chi connectivity index (χ0v) is 19.2. The van der Waals surface area contributed by atoms with Gasteiger partial charge in [-0.25, -0.2) is 4.39 Å². The Morgan fingerprint density at radius 3 is 2.44 bits per heavy atom. The largest absolute Gasteiger partial charge is 0.391 e. The molecule has 2 heterocycles. The number of benzene rings is 1. The summed E-state index contributed by atoms with van der Waals surface area (Å²) in [7, 11) is 3.38. The van der Waals surface area contributed by atoms with Gasteiger partial charge in [0, 0.05) is 26.2 Å². The molecule has 1 aromatic carbocycles. The summed E-state index contributed by atoms with van der Waals surface area (Å²) in [6, 6.07) is 7.44. The van der Waals surface area contributed by atoms with E-state index in [2.05, 4.69) is 15.7 Å².